The highest BCUT2D eigenvalue weighted by atomic mass is 16.5. The highest BCUT2D eigenvalue weighted by Crippen LogP contribution is 2.13. The molecule has 0 atom stereocenters. The number of para-hydroxylation sites is 1. The van der Waals surface area contributed by atoms with Crippen LogP contribution in [-0.4, -0.2) is 11.6 Å². The molecule has 2 aromatic carbocycles. The smallest absolute Gasteiger partial charge is 0.271 e. The molecular formula is C23H30N2O2. The molecule has 0 bridgehead atoms. The average molecular weight is 367 g/mol. The van der Waals surface area contributed by atoms with Crippen molar-refractivity contribution in [3.63, 3.8) is 0 Å². The van der Waals surface area contributed by atoms with Crippen molar-refractivity contribution in [2.24, 2.45) is 16.9 Å². The maximum atomic E-state index is 12.4. The maximum Gasteiger partial charge on any atom is 0.271 e. The molecule has 0 aromatic heterocycles. The van der Waals surface area contributed by atoms with Gasteiger partial charge in [-0.15, -0.1) is 0 Å². The van der Waals surface area contributed by atoms with Gasteiger partial charge in [-0.25, -0.2) is 5.43 Å². The number of hydrogen-bond donors (Lipinski definition) is 1. The number of carbonyl (C=O) groups is 1. The number of nitrogens with zero attached hydrogens (tertiary/aromatic N) is 1. The second-order valence-corrected chi connectivity index (χ2v) is 7.61. The summed E-state index contributed by atoms with van der Waals surface area (Å²) in [5, 5.41) is 4.37. The van der Waals surface area contributed by atoms with Gasteiger partial charge in [-0.3, -0.25) is 4.79 Å². The van der Waals surface area contributed by atoms with E-state index in [0.29, 0.717) is 24.0 Å². The van der Waals surface area contributed by atoms with E-state index in [4.69, 9.17) is 4.74 Å². The van der Waals surface area contributed by atoms with Crippen molar-refractivity contribution in [3.05, 3.63) is 65.7 Å². The summed E-state index contributed by atoms with van der Waals surface area (Å²) in [5.41, 5.74) is 5.35. The Balaban J connectivity index is 1.92. The highest BCUT2D eigenvalue weighted by Gasteiger charge is 2.09. The number of benzene rings is 2. The van der Waals surface area contributed by atoms with Crippen LogP contribution >= 0.6 is 0 Å². The van der Waals surface area contributed by atoms with Crippen molar-refractivity contribution in [1.29, 1.82) is 0 Å². The zero-order chi connectivity index (χ0) is 19.6. The first kappa shape index (κ1) is 20.7. The third-order valence-corrected chi connectivity index (χ3v) is 3.97. The molecule has 0 aliphatic heterocycles. The largest absolute Gasteiger partial charge is 0.489 e. The molecule has 1 amide bonds. The summed E-state index contributed by atoms with van der Waals surface area (Å²) in [7, 11) is 0. The Morgan fingerprint density at radius 3 is 2.07 bits per heavy atom. The van der Waals surface area contributed by atoms with Gasteiger partial charge in [0.2, 0.25) is 0 Å². The standard InChI is InChI=1S/C23H30N2O2/c1-17(2)14-21(15-18(3)4)24-25-23(26)20-12-10-19(11-13-20)16-27-22-8-6-5-7-9-22/h5-13,17-18H,14-16H2,1-4H3,(H,25,26). The Labute approximate surface area is 162 Å². The molecule has 0 fully saturated rings. The van der Waals surface area contributed by atoms with Crippen molar-refractivity contribution in [2.75, 3.05) is 0 Å². The van der Waals surface area contributed by atoms with E-state index in [2.05, 4.69) is 38.2 Å². The molecule has 4 nitrogen and oxygen atoms in total. The predicted molar refractivity (Wildman–Crippen MR) is 111 cm³/mol. The monoisotopic (exact) mass is 366 g/mol. The fraction of sp³-hybridized carbons (Fsp3) is 0.391. The number of rotatable bonds is 9. The van der Waals surface area contributed by atoms with Crippen molar-refractivity contribution in [2.45, 2.75) is 47.1 Å². The lowest BCUT2D eigenvalue weighted by molar-refractivity contribution is 0.0954. The van der Waals surface area contributed by atoms with Crippen LogP contribution in [-0.2, 0) is 6.61 Å². The lowest BCUT2D eigenvalue weighted by Gasteiger charge is -2.12. The van der Waals surface area contributed by atoms with Crippen LogP contribution in [0.25, 0.3) is 0 Å². The summed E-state index contributed by atoms with van der Waals surface area (Å²) >= 11 is 0. The van der Waals surface area contributed by atoms with Gasteiger partial charge < -0.3 is 4.74 Å². The van der Waals surface area contributed by atoms with E-state index >= 15 is 0 Å². The molecule has 0 unspecified atom stereocenters. The van der Waals surface area contributed by atoms with Crippen LogP contribution in [0.2, 0.25) is 0 Å². The first-order valence-corrected chi connectivity index (χ1v) is 9.56. The van der Waals surface area contributed by atoms with E-state index < -0.39 is 0 Å². The Morgan fingerprint density at radius 1 is 0.926 bits per heavy atom. The molecule has 0 spiro atoms. The minimum absolute atomic E-state index is 0.185. The van der Waals surface area contributed by atoms with Crippen molar-refractivity contribution < 1.29 is 9.53 Å². The number of hydrogen-bond acceptors (Lipinski definition) is 3. The van der Waals surface area contributed by atoms with Gasteiger partial charge >= 0.3 is 0 Å². The molecule has 27 heavy (non-hydrogen) atoms. The number of hydrazone groups is 1. The van der Waals surface area contributed by atoms with Crippen LogP contribution in [0.1, 0.15) is 56.5 Å². The normalized spacial score (nSPS) is 10.7. The molecular weight excluding hydrogens is 336 g/mol. The third kappa shape index (κ3) is 7.65. The van der Waals surface area contributed by atoms with Crippen molar-refractivity contribution in [3.8, 4) is 5.75 Å². The van der Waals surface area contributed by atoms with Crippen LogP contribution in [0.5, 0.6) is 5.75 Å². The minimum Gasteiger partial charge on any atom is -0.489 e. The minimum atomic E-state index is -0.185. The lowest BCUT2D eigenvalue weighted by atomic mass is 9.99. The van der Waals surface area contributed by atoms with Gasteiger partial charge in [0, 0.05) is 11.3 Å². The van der Waals surface area contributed by atoms with Gasteiger partial charge in [0.05, 0.1) is 0 Å². The zero-order valence-corrected chi connectivity index (χ0v) is 16.7. The van der Waals surface area contributed by atoms with Crippen LogP contribution in [0.4, 0.5) is 0 Å². The molecule has 0 saturated carbocycles. The Morgan fingerprint density at radius 2 is 1.52 bits per heavy atom. The maximum absolute atomic E-state index is 12.4. The quantitative estimate of drug-likeness (QED) is 0.474. The number of ether oxygens (including phenoxy) is 1. The SMILES string of the molecule is CC(C)CC(CC(C)C)=NNC(=O)c1ccc(COc2ccccc2)cc1. The predicted octanol–water partition coefficient (Wildman–Crippen LogP) is 5.44. The summed E-state index contributed by atoms with van der Waals surface area (Å²) in [5.74, 6) is 1.68. The molecule has 2 rings (SSSR count). The molecule has 144 valence electrons. The fourth-order valence-corrected chi connectivity index (χ4v) is 2.75. The number of amides is 1. The molecule has 0 radical (unpaired) electrons. The van der Waals surface area contributed by atoms with E-state index in [1.807, 2.05) is 42.5 Å². The second kappa shape index (κ2) is 10.5. The van der Waals surface area contributed by atoms with Crippen LogP contribution < -0.4 is 10.2 Å². The van der Waals surface area contributed by atoms with Gasteiger partial charge in [0.15, 0.2) is 0 Å². The molecule has 0 aliphatic carbocycles. The van der Waals surface area contributed by atoms with Crippen LogP contribution in [0.3, 0.4) is 0 Å². The summed E-state index contributed by atoms with van der Waals surface area (Å²) < 4.78 is 5.72. The van der Waals surface area contributed by atoms with Gasteiger partial charge in [0.1, 0.15) is 12.4 Å². The zero-order valence-electron chi connectivity index (χ0n) is 16.7. The van der Waals surface area contributed by atoms with Crippen LogP contribution in [0.15, 0.2) is 59.7 Å². The Kier molecular flexibility index (Phi) is 8.05. The molecule has 4 heteroatoms. The first-order chi connectivity index (χ1) is 12.9. The Bertz CT molecular complexity index is 723. The summed E-state index contributed by atoms with van der Waals surface area (Å²) in [6, 6.07) is 17.1. The summed E-state index contributed by atoms with van der Waals surface area (Å²) in [6.45, 7) is 9.11. The van der Waals surface area contributed by atoms with Gasteiger partial charge in [-0.2, -0.15) is 5.10 Å². The van der Waals surface area contributed by atoms with E-state index in [9.17, 15) is 4.79 Å². The van der Waals surface area contributed by atoms with Crippen molar-refractivity contribution >= 4 is 11.6 Å². The molecule has 0 heterocycles. The van der Waals surface area contributed by atoms with Gasteiger partial charge in [0.25, 0.3) is 5.91 Å². The van der Waals surface area contributed by atoms with E-state index in [1.54, 1.807) is 12.1 Å². The van der Waals surface area contributed by atoms with Crippen LogP contribution in [0, 0.1) is 11.8 Å². The average Bonchev–Trinajstić information content (AvgIpc) is 2.64. The van der Waals surface area contributed by atoms with Crippen molar-refractivity contribution in [1.82, 2.24) is 5.43 Å². The summed E-state index contributed by atoms with van der Waals surface area (Å²) in [6.07, 6.45) is 1.79. The topological polar surface area (TPSA) is 50.7 Å². The van der Waals surface area contributed by atoms with E-state index in [-0.39, 0.29) is 5.91 Å². The molecule has 0 aliphatic rings. The molecule has 2 aromatic rings. The van der Waals surface area contributed by atoms with Gasteiger partial charge in [-0.1, -0.05) is 58.0 Å². The summed E-state index contributed by atoms with van der Waals surface area (Å²) in [4.78, 5) is 12.4. The first-order valence-electron chi connectivity index (χ1n) is 9.56. The highest BCUT2D eigenvalue weighted by molar-refractivity contribution is 5.95. The molecule has 0 saturated heterocycles. The van der Waals surface area contributed by atoms with E-state index in [1.165, 1.54) is 0 Å². The molecule has 1 N–H and O–H groups in total. The third-order valence-electron chi connectivity index (χ3n) is 3.97. The van der Waals surface area contributed by atoms with E-state index in [0.717, 1.165) is 29.9 Å². The second-order valence-electron chi connectivity index (χ2n) is 7.61. The fourth-order valence-electron chi connectivity index (χ4n) is 2.75. The Hall–Kier alpha value is -2.62. The van der Waals surface area contributed by atoms with Gasteiger partial charge in [-0.05, 0) is 54.5 Å². The lowest BCUT2D eigenvalue weighted by Crippen LogP contribution is -2.21. The number of carbonyl (C=O) groups excluding carboxylic acids is 1. The number of nitrogens with one attached hydrogen (secondary N) is 1.